The van der Waals surface area contributed by atoms with E-state index in [1.807, 2.05) is 41.3 Å². The van der Waals surface area contributed by atoms with E-state index < -0.39 is 0 Å². The molecule has 0 aliphatic carbocycles. The average molecular weight is 522 g/mol. The molecule has 2 amide bonds. The van der Waals surface area contributed by atoms with E-state index >= 15 is 0 Å². The molecule has 34 heavy (non-hydrogen) atoms. The molecule has 1 aliphatic heterocycles. The minimum Gasteiger partial charge on any atom is -0.379 e. The van der Waals surface area contributed by atoms with Gasteiger partial charge in [-0.3, -0.25) is 4.90 Å². The van der Waals surface area contributed by atoms with Gasteiger partial charge in [0.05, 0.1) is 13.2 Å². The molecule has 0 atom stereocenters. The van der Waals surface area contributed by atoms with Crippen molar-refractivity contribution in [2.75, 3.05) is 51.3 Å². The van der Waals surface area contributed by atoms with Gasteiger partial charge in [-0.15, -0.1) is 0 Å². The van der Waals surface area contributed by atoms with Crippen LogP contribution in [-0.2, 0) is 4.74 Å². The number of carbonyl (C=O) groups excluding carboxylic acids is 1. The van der Waals surface area contributed by atoms with Crippen molar-refractivity contribution in [3.05, 3.63) is 101 Å². The summed E-state index contributed by atoms with van der Waals surface area (Å²) in [6, 6.07) is 28.8. The first-order valence-electron chi connectivity index (χ1n) is 11.9. The van der Waals surface area contributed by atoms with Crippen molar-refractivity contribution in [1.82, 2.24) is 9.80 Å². The lowest BCUT2D eigenvalue weighted by atomic mass is 9.88. The third-order valence-electron chi connectivity index (χ3n) is 6.26. The lowest BCUT2D eigenvalue weighted by Crippen LogP contribution is -2.44. The van der Waals surface area contributed by atoms with Gasteiger partial charge in [-0.2, -0.15) is 0 Å². The van der Waals surface area contributed by atoms with Gasteiger partial charge < -0.3 is 15.0 Å². The monoisotopic (exact) mass is 521 g/mol. The molecule has 4 rings (SSSR count). The highest BCUT2D eigenvalue weighted by Crippen LogP contribution is 2.28. The molecule has 0 radical (unpaired) electrons. The van der Waals surface area contributed by atoms with Crippen LogP contribution >= 0.6 is 15.9 Å². The summed E-state index contributed by atoms with van der Waals surface area (Å²) in [6.45, 7) is 5.54. The Labute approximate surface area is 210 Å². The smallest absolute Gasteiger partial charge is 0.321 e. The van der Waals surface area contributed by atoms with E-state index in [1.165, 1.54) is 11.1 Å². The number of urea groups is 1. The molecule has 0 unspecified atom stereocenters. The number of anilines is 1. The zero-order valence-corrected chi connectivity index (χ0v) is 21.0. The van der Waals surface area contributed by atoms with Crippen molar-refractivity contribution >= 4 is 27.6 Å². The van der Waals surface area contributed by atoms with E-state index in [0.717, 1.165) is 49.4 Å². The second kappa shape index (κ2) is 12.7. The van der Waals surface area contributed by atoms with Crippen molar-refractivity contribution in [3.63, 3.8) is 0 Å². The van der Waals surface area contributed by atoms with Gasteiger partial charge in [0, 0.05) is 48.8 Å². The van der Waals surface area contributed by atoms with Crippen LogP contribution in [0.15, 0.2) is 89.4 Å². The predicted octanol–water partition coefficient (Wildman–Crippen LogP) is 5.84. The van der Waals surface area contributed by atoms with Gasteiger partial charge in [0.1, 0.15) is 0 Å². The van der Waals surface area contributed by atoms with Crippen LogP contribution in [0.2, 0.25) is 0 Å². The fourth-order valence-corrected chi connectivity index (χ4v) is 4.58. The quantitative estimate of drug-likeness (QED) is 0.384. The highest BCUT2D eigenvalue weighted by Gasteiger charge is 2.20. The summed E-state index contributed by atoms with van der Waals surface area (Å²) in [5, 5.41) is 3.08. The highest BCUT2D eigenvalue weighted by molar-refractivity contribution is 9.10. The minimum atomic E-state index is -0.0598. The van der Waals surface area contributed by atoms with Crippen LogP contribution < -0.4 is 5.32 Å². The fourth-order valence-electron chi connectivity index (χ4n) is 4.32. The molecule has 1 fully saturated rings. The fraction of sp³-hybridized carbons (Fsp3) is 0.321. The third-order valence-corrected chi connectivity index (χ3v) is 6.79. The lowest BCUT2D eigenvalue weighted by Gasteiger charge is -2.31. The Morgan fingerprint density at radius 3 is 2.06 bits per heavy atom. The molecule has 1 aliphatic rings. The van der Waals surface area contributed by atoms with Crippen LogP contribution in [0.25, 0.3) is 0 Å². The van der Waals surface area contributed by atoms with Gasteiger partial charge in [0.25, 0.3) is 0 Å². The van der Waals surface area contributed by atoms with Crippen LogP contribution in [0, 0.1) is 0 Å². The SMILES string of the molecule is O=C(Nc1ccc(Br)cc1)N(CCC(c1ccccc1)c1ccccc1)CCN1CCOCC1. The van der Waals surface area contributed by atoms with Crippen LogP contribution in [0.1, 0.15) is 23.5 Å². The van der Waals surface area contributed by atoms with E-state index in [4.69, 9.17) is 4.74 Å². The molecule has 0 spiro atoms. The van der Waals surface area contributed by atoms with Crippen LogP contribution in [-0.4, -0.2) is 61.8 Å². The number of hydrogen-bond donors (Lipinski definition) is 1. The van der Waals surface area contributed by atoms with Crippen molar-refractivity contribution in [2.45, 2.75) is 12.3 Å². The lowest BCUT2D eigenvalue weighted by molar-refractivity contribution is 0.0351. The molecule has 178 valence electrons. The zero-order chi connectivity index (χ0) is 23.6. The van der Waals surface area contributed by atoms with Crippen molar-refractivity contribution in [3.8, 4) is 0 Å². The first kappa shape index (κ1) is 24.5. The molecule has 0 bridgehead atoms. The van der Waals surface area contributed by atoms with Gasteiger partial charge in [-0.1, -0.05) is 76.6 Å². The molecule has 6 heteroatoms. The summed E-state index contributed by atoms with van der Waals surface area (Å²) in [5.74, 6) is 0.230. The van der Waals surface area contributed by atoms with Crippen LogP contribution in [0.3, 0.4) is 0 Å². The van der Waals surface area contributed by atoms with Crippen molar-refractivity contribution < 1.29 is 9.53 Å². The van der Waals surface area contributed by atoms with E-state index in [0.29, 0.717) is 13.1 Å². The summed E-state index contributed by atoms with van der Waals surface area (Å²) in [7, 11) is 0. The molecule has 5 nitrogen and oxygen atoms in total. The van der Waals surface area contributed by atoms with E-state index in [-0.39, 0.29) is 11.9 Å². The second-order valence-electron chi connectivity index (χ2n) is 8.54. The Morgan fingerprint density at radius 1 is 0.882 bits per heavy atom. The number of benzene rings is 3. The summed E-state index contributed by atoms with van der Waals surface area (Å²) in [4.78, 5) is 17.6. The van der Waals surface area contributed by atoms with E-state index in [9.17, 15) is 4.79 Å². The number of hydrogen-bond acceptors (Lipinski definition) is 3. The van der Waals surface area contributed by atoms with Gasteiger partial charge in [0.15, 0.2) is 0 Å². The van der Waals surface area contributed by atoms with Gasteiger partial charge >= 0.3 is 6.03 Å². The molecular weight excluding hydrogens is 490 g/mol. The number of halogens is 1. The molecule has 1 heterocycles. The Balaban J connectivity index is 1.48. The van der Waals surface area contributed by atoms with Crippen molar-refractivity contribution in [2.24, 2.45) is 0 Å². The largest absolute Gasteiger partial charge is 0.379 e. The summed E-state index contributed by atoms with van der Waals surface area (Å²) >= 11 is 3.46. The number of morpholine rings is 1. The molecule has 1 N–H and O–H groups in total. The Morgan fingerprint density at radius 2 is 1.47 bits per heavy atom. The molecule has 0 saturated carbocycles. The maximum atomic E-state index is 13.3. The minimum absolute atomic E-state index is 0.0598. The predicted molar refractivity (Wildman–Crippen MR) is 141 cm³/mol. The van der Waals surface area contributed by atoms with Crippen molar-refractivity contribution in [1.29, 1.82) is 0 Å². The summed E-state index contributed by atoms with van der Waals surface area (Å²) in [6.07, 6.45) is 0.852. The molecule has 0 aromatic heterocycles. The first-order valence-corrected chi connectivity index (χ1v) is 12.7. The van der Waals surface area contributed by atoms with Crippen LogP contribution in [0.4, 0.5) is 10.5 Å². The van der Waals surface area contributed by atoms with Gasteiger partial charge in [-0.25, -0.2) is 4.79 Å². The highest BCUT2D eigenvalue weighted by atomic mass is 79.9. The Kier molecular flexibility index (Phi) is 9.13. The Hall–Kier alpha value is -2.67. The normalized spacial score (nSPS) is 14.2. The van der Waals surface area contributed by atoms with Gasteiger partial charge in [-0.05, 0) is 41.8 Å². The first-order chi connectivity index (χ1) is 16.7. The Bertz CT molecular complexity index is 969. The molecule has 3 aromatic carbocycles. The molecule has 1 saturated heterocycles. The molecular formula is C28H32BrN3O2. The third kappa shape index (κ3) is 7.16. The topological polar surface area (TPSA) is 44.8 Å². The zero-order valence-electron chi connectivity index (χ0n) is 19.4. The maximum Gasteiger partial charge on any atom is 0.321 e. The summed E-state index contributed by atoms with van der Waals surface area (Å²) < 4.78 is 6.47. The number of amides is 2. The number of nitrogens with zero attached hydrogens (tertiary/aromatic N) is 2. The standard InChI is InChI=1S/C28H32BrN3O2/c29-25-11-13-26(14-12-25)30-28(33)32(18-17-31-19-21-34-22-20-31)16-15-27(23-7-3-1-4-8-23)24-9-5-2-6-10-24/h1-14,27H,15-22H2,(H,30,33). The van der Waals surface area contributed by atoms with Gasteiger partial charge in [0.2, 0.25) is 0 Å². The number of rotatable bonds is 9. The number of carbonyl (C=O) groups is 1. The van der Waals surface area contributed by atoms with E-state index in [2.05, 4.69) is 74.7 Å². The summed E-state index contributed by atoms with van der Waals surface area (Å²) in [5.41, 5.74) is 3.34. The van der Waals surface area contributed by atoms with E-state index in [1.54, 1.807) is 0 Å². The maximum absolute atomic E-state index is 13.3. The van der Waals surface area contributed by atoms with Crippen LogP contribution in [0.5, 0.6) is 0 Å². The molecule has 3 aromatic rings. The average Bonchev–Trinajstić information content (AvgIpc) is 2.89. The number of ether oxygens (including phenoxy) is 1. The number of nitrogens with one attached hydrogen (secondary N) is 1. The second-order valence-corrected chi connectivity index (χ2v) is 9.46.